The van der Waals surface area contributed by atoms with Crippen molar-refractivity contribution in [2.24, 2.45) is 0 Å². The van der Waals surface area contributed by atoms with Crippen LogP contribution in [0.25, 0.3) is 0 Å². The number of furan rings is 1. The minimum Gasteiger partial charge on any atom is -0.459 e. The summed E-state index contributed by atoms with van der Waals surface area (Å²) in [6, 6.07) is 8.67. The van der Waals surface area contributed by atoms with Crippen LogP contribution in [0, 0.1) is 5.82 Å². The van der Waals surface area contributed by atoms with Crippen molar-refractivity contribution in [1.29, 1.82) is 0 Å². The highest BCUT2D eigenvalue weighted by atomic mass is 19.1. The third-order valence-corrected chi connectivity index (χ3v) is 4.86. The Morgan fingerprint density at radius 2 is 2.23 bits per heavy atom. The number of likely N-dealkylation sites (N-methyl/N-ethyl adjacent to an activating group) is 1. The number of nitrogens with zero attached hydrogens (tertiary/aromatic N) is 2. The molecule has 0 spiro atoms. The Labute approximate surface area is 128 Å². The number of likely N-dealkylation sites (tertiary alicyclic amines) is 1. The van der Waals surface area contributed by atoms with Gasteiger partial charge < -0.3 is 14.2 Å². The average molecular weight is 300 g/mol. The summed E-state index contributed by atoms with van der Waals surface area (Å²) >= 11 is 0. The molecule has 3 heterocycles. The molecule has 114 valence electrons. The lowest BCUT2D eigenvalue weighted by Gasteiger charge is -2.37. The molecule has 2 aliphatic rings. The summed E-state index contributed by atoms with van der Waals surface area (Å²) in [5, 5.41) is 0. The smallest absolute Gasteiger partial charge is 0.289 e. The highest BCUT2D eigenvalue weighted by Gasteiger charge is 2.41. The third kappa shape index (κ3) is 1.92. The Morgan fingerprint density at radius 3 is 3.00 bits per heavy atom. The molecular weight excluding hydrogens is 283 g/mol. The van der Waals surface area contributed by atoms with E-state index in [2.05, 4.69) is 4.90 Å². The van der Waals surface area contributed by atoms with E-state index in [1.807, 2.05) is 18.0 Å². The van der Waals surface area contributed by atoms with Crippen LogP contribution in [0.2, 0.25) is 0 Å². The maximum Gasteiger partial charge on any atom is 0.289 e. The van der Waals surface area contributed by atoms with Crippen LogP contribution in [0.15, 0.2) is 41.0 Å². The quantitative estimate of drug-likeness (QED) is 0.812. The Morgan fingerprint density at radius 1 is 1.36 bits per heavy atom. The summed E-state index contributed by atoms with van der Waals surface area (Å²) in [6.07, 6.45) is 2.39. The molecule has 0 bridgehead atoms. The summed E-state index contributed by atoms with van der Waals surface area (Å²) in [5.74, 6) is 0.214. The Balaban J connectivity index is 1.63. The lowest BCUT2D eigenvalue weighted by Crippen LogP contribution is -2.47. The van der Waals surface area contributed by atoms with Crippen molar-refractivity contribution in [3.8, 4) is 0 Å². The fraction of sp³-hybridized carbons (Fsp3) is 0.353. The molecule has 4 nitrogen and oxygen atoms in total. The van der Waals surface area contributed by atoms with Gasteiger partial charge in [0, 0.05) is 37.8 Å². The second-order valence-corrected chi connectivity index (χ2v) is 6.01. The molecule has 2 aliphatic heterocycles. The fourth-order valence-electron chi connectivity index (χ4n) is 3.77. The molecular formula is C17H17FN2O2. The Hall–Kier alpha value is -2.30. The van der Waals surface area contributed by atoms with Crippen molar-refractivity contribution < 1.29 is 13.6 Å². The van der Waals surface area contributed by atoms with Gasteiger partial charge in [-0.2, -0.15) is 0 Å². The van der Waals surface area contributed by atoms with Gasteiger partial charge in [0.1, 0.15) is 5.82 Å². The monoisotopic (exact) mass is 300 g/mol. The maximum atomic E-state index is 13.6. The number of rotatable bonds is 1. The van der Waals surface area contributed by atoms with E-state index < -0.39 is 0 Å². The molecule has 22 heavy (non-hydrogen) atoms. The van der Waals surface area contributed by atoms with E-state index >= 15 is 0 Å². The summed E-state index contributed by atoms with van der Waals surface area (Å²) in [5.41, 5.74) is 2.08. The molecule has 2 aromatic rings. The molecule has 0 radical (unpaired) electrons. The zero-order valence-electron chi connectivity index (χ0n) is 12.3. The maximum absolute atomic E-state index is 13.6. The van der Waals surface area contributed by atoms with Crippen LogP contribution in [0.3, 0.4) is 0 Å². The lowest BCUT2D eigenvalue weighted by molar-refractivity contribution is 0.0666. The zero-order valence-corrected chi connectivity index (χ0v) is 12.3. The normalized spacial score (nSPS) is 23.4. The second-order valence-electron chi connectivity index (χ2n) is 6.01. The lowest BCUT2D eigenvalue weighted by atomic mass is 9.89. The topological polar surface area (TPSA) is 36.7 Å². The van der Waals surface area contributed by atoms with E-state index in [0.29, 0.717) is 24.9 Å². The molecule has 2 atom stereocenters. The van der Waals surface area contributed by atoms with Crippen molar-refractivity contribution in [1.82, 2.24) is 4.90 Å². The Bertz CT molecular complexity index is 713. The van der Waals surface area contributed by atoms with Crippen LogP contribution in [-0.2, 0) is 0 Å². The van der Waals surface area contributed by atoms with Gasteiger partial charge in [-0.25, -0.2) is 4.39 Å². The first-order valence-corrected chi connectivity index (χ1v) is 7.50. The van der Waals surface area contributed by atoms with Gasteiger partial charge in [0.15, 0.2) is 5.76 Å². The molecule has 0 aliphatic carbocycles. The van der Waals surface area contributed by atoms with Gasteiger partial charge in [0.05, 0.1) is 6.26 Å². The molecule has 1 amide bonds. The zero-order chi connectivity index (χ0) is 15.3. The number of amides is 1. The van der Waals surface area contributed by atoms with Gasteiger partial charge in [-0.3, -0.25) is 4.79 Å². The number of hydrogen-bond acceptors (Lipinski definition) is 3. The van der Waals surface area contributed by atoms with E-state index in [-0.39, 0.29) is 17.6 Å². The van der Waals surface area contributed by atoms with Crippen molar-refractivity contribution >= 4 is 11.6 Å². The van der Waals surface area contributed by atoms with E-state index in [0.717, 1.165) is 17.7 Å². The first-order chi connectivity index (χ1) is 10.6. The van der Waals surface area contributed by atoms with Gasteiger partial charge in [-0.15, -0.1) is 0 Å². The number of benzene rings is 1. The van der Waals surface area contributed by atoms with Crippen molar-refractivity contribution in [2.45, 2.75) is 18.4 Å². The van der Waals surface area contributed by atoms with E-state index in [1.165, 1.54) is 12.3 Å². The van der Waals surface area contributed by atoms with E-state index in [4.69, 9.17) is 4.42 Å². The molecule has 1 saturated heterocycles. The number of anilines is 1. The first kappa shape index (κ1) is 13.4. The van der Waals surface area contributed by atoms with E-state index in [1.54, 1.807) is 18.2 Å². The summed E-state index contributed by atoms with van der Waals surface area (Å²) in [6.45, 7) is 1.30. The van der Waals surface area contributed by atoms with Gasteiger partial charge >= 0.3 is 0 Å². The van der Waals surface area contributed by atoms with Gasteiger partial charge in [0.25, 0.3) is 5.91 Å². The van der Waals surface area contributed by atoms with Crippen LogP contribution < -0.4 is 4.90 Å². The summed E-state index contributed by atoms with van der Waals surface area (Å²) in [4.78, 5) is 16.5. The molecule has 0 saturated carbocycles. The molecule has 1 aromatic carbocycles. The van der Waals surface area contributed by atoms with E-state index in [9.17, 15) is 9.18 Å². The number of carbonyl (C=O) groups excluding carboxylic acids is 1. The number of carbonyl (C=O) groups is 1. The highest BCUT2D eigenvalue weighted by molar-refractivity contribution is 5.91. The predicted molar refractivity (Wildman–Crippen MR) is 80.6 cm³/mol. The molecule has 5 heteroatoms. The van der Waals surface area contributed by atoms with Crippen LogP contribution in [-0.4, -0.2) is 37.0 Å². The summed E-state index contributed by atoms with van der Waals surface area (Å²) in [7, 11) is 2.05. The van der Waals surface area contributed by atoms with Crippen molar-refractivity contribution in [3.05, 3.63) is 53.7 Å². The van der Waals surface area contributed by atoms with Crippen molar-refractivity contribution in [2.75, 3.05) is 25.0 Å². The number of hydrogen-bond donors (Lipinski definition) is 0. The first-order valence-electron chi connectivity index (χ1n) is 7.50. The van der Waals surface area contributed by atoms with Gasteiger partial charge in [-0.05, 0) is 42.3 Å². The standard InChI is InChI=1S/C17H17FN2O2/c1-19-14-5-4-11(18)9-12(14)13-10-20(7-6-15(13)19)17(21)16-3-2-8-22-16/h2-5,8-9,13,15H,6-7,10H2,1H3/t13-,15+/m0/s1. The predicted octanol–water partition coefficient (Wildman–Crippen LogP) is 2.87. The largest absolute Gasteiger partial charge is 0.459 e. The van der Waals surface area contributed by atoms with Crippen LogP contribution >= 0.6 is 0 Å². The molecule has 1 aromatic heterocycles. The minimum atomic E-state index is -0.220. The highest BCUT2D eigenvalue weighted by Crippen LogP contribution is 2.44. The molecule has 0 unspecified atom stereocenters. The van der Waals surface area contributed by atoms with Crippen LogP contribution in [0.4, 0.5) is 10.1 Å². The third-order valence-electron chi connectivity index (χ3n) is 4.86. The Kier molecular flexibility index (Phi) is 2.96. The molecule has 0 N–H and O–H groups in total. The number of piperidine rings is 1. The molecule has 4 rings (SSSR count). The number of fused-ring (bicyclic) bond motifs is 3. The summed E-state index contributed by atoms with van der Waals surface area (Å²) < 4.78 is 18.8. The van der Waals surface area contributed by atoms with Gasteiger partial charge in [-0.1, -0.05) is 0 Å². The van der Waals surface area contributed by atoms with Crippen LogP contribution in [0.5, 0.6) is 0 Å². The number of halogens is 1. The fourth-order valence-corrected chi connectivity index (χ4v) is 3.77. The van der Waals surface area contributed by atoms with Gasteiger partial charge in [0.2, 0.25) is 0 Å². The average Bonchev–Trinajstić information content (AvgIpc) is 3.15. The SMILES string of the molecule is CN1c2ccc(F)cc2[C@@H]2CN(C(=O)c3ccco3)CC[C@H]21. The molecule has 1 fully saturated rings. The van der Waals surface area contributed by atoms with Crippen molar-refractivity contribution in [3.63, 3.8) is 0 Å². The second kappa shape index (κ2) is 4.87. The minimum absolute atomic E-state index is 0.0871. The van der Waals surface area contributed by atoms with Crippen LogP contribution in [0.1, 0.15) is 28.5 Å².